The molecule has 1 aromatic carbocycles. The number of ether oxygens (including phenoxy) is 1. The number of carboxylic acid groups (broad SMARTS) is 1. The minimum Gasteiger partial charge on any atom is -0.480 e. The molecule has 1 saturated heterocycles. The zero-order valence-electron chi connectivity index (χ0n) is 27.3. The van der Waals surface area contributed by atoms with Crippen LogP contribution in [-0.2, 0) is 26.2 Å². The molecule has 2 aromatic rings. The highest BCUT2D eigenvalue weighted by Gasteiger charge is 2.30. The summed E-state index contributed by atoms with van der Waals surface area (Å²) in [5.74, 6) is -1.48. The maximum absolute atomic E-state index is 13.2. The van der Waals surface area contributed by atoms with Gasteiger partial charge in [0, 0.05) is 54.0 Å². The number of hydrogen-bond acceptors (Lipinski definition) is 8. The van der Waals surface area contributed by atoms with Crippen molar-refractivity contribution >= 4 is 35.1 Å². The fourth-order valence-corrected chi connectivity index (χ4v) is 6.12. The second kappa shape index (κ2) is 15.6. The zero-order chi connectivity index (χ0) is 32.6. The van der Waals surface area contributed by atoms with E-state index < -0.39 is 24.0 Å². The summed E-state index contributed by atoms with van der Waals surface area (Å²) in [5.41, 5.74) is 3.64. The van der Waals surface area contributed by atoms with Crippen molar-refractivity contribution in [3.63, 3.8) is 0 Å². The molecule has 1 fully saturated rings. The first-order chi connectivity index (χ1) is 21.4. The molecule has 4 N–H and O–H groups in total. The first-order valence-electron chi connectivity index (χ1n) is 16.0. The third-order valence-corrected chi connectivity index (χ3v) is 9.65. The molecule has 0 radical (unpaired) electrons. The monoisotopic (exact) mass is 635 g/mol. The quantitative estimate of drug-likeness (QED) is 0.178. The summed E-state index contributed by atoms with van der Waals surface area (Å²) < 4.78 is 5.98. The minimum atomic E-state index is -1.09. The van der Waals surface area contributed by atoms with Crippen molar-refractivity contribution in [2.45, 2.75) is 96.5 Å². The van der Waals surface area contributed by atoms with Gasteiger partial charge < -0.3 is 30.7 Å². The van der Waals surface area contributed by atoms with Gasteiger partial charge in [-0.05, 0) is 42.0 Å². The number of carbonyl (C=O) groups excluding carboxylic acids is 1. The van der Waals surface area contributed by atoms with E-state index in [-0.39, 0.29) is 11.6 Å². The predicted octanol–water partition coefficient (Wildman–Crippen LogP) is 5.60. The molecule has 9 nitrogen and oxygen atoms in total. The van der Waals surface area contributed by atoms with Gasteiger partial charge in [0.15, 0.2) is 0 Å². The number of thiophene rings is 1. The summed E-state index contributed by atoms with van der Waals surface area (Å²) >= 11 is 1.63. The second-order valence-electron chi connectivity index (χ2n) is 13.0. The van der Waals surface area contributed by atoms with Crippen molar-refractivity contribution in [3.8, 4) is 0 Å². The lowest BCUT2D eigenvalue weighted by Gasteiger charge is -2.41. The maximum atomic E-state index is 13.2. The molecule has 0 aliphatic carbocycles. The standard InChI is InChI=1S/C35H49N5O4S/c1-7-8-9-10-17-44-28-21-40(22-28)27-19-36-32(37-20-27)26-13-11-25(12-14-26)18-29(33(41)39-24(3)34(42)43)38-23(2)30-15-16-31(45-30)35(4,5)6/h11-16,19-20,24,28-29,32,36,38H,2,7-10,17-18,21-22H2,1,3-6H3,(H,39,41)(H,42,43)/t24-,29+,32?/m1/s1. The molecule has 3 atom stereocenters. The van der Waals surface area contributed by atoms with E-state index in [1.807, 2.05) is 42.7 Å². The van der Waals surface area contributed by atoms with Gasteiger partial charge in [-0.1, -0.05) is 77.8 Å². The van der Waals surface area contributed by atoms with Crippen LogP contribution >= 0.6 is 11.3 Å². The van der Waals surface area contributed by atoms with Gasteiger partial charge in [-0.3, -0.25) is 14.6 Å². The minimum absolute atomic E-state index is 0.00732. The highest BCUT2D eigenvalue weighted by atomic mass is 32.1. The van der Waals surface area contributed by atoms with Crippen LogP contribution in [0.1, 0.15) is 87.3 Å². The molecule has 0 bridgehead atoms. The van der Waals surface area contributed by atoms with Crippen LogP contribution in [0.15, 0.2) is 59.9 Å². The number of aliphatic imine (C=N–C) groups is 1. The number of allylic oxidation sites excluding steroid dienone is 1. The van der Waals surface area contributed by atoms with E-state index in [1.165, 1.54) is 31.1 Å². The molecule has 244 valence electrons. The summed E-state index contributed by atoms with van der Waals surface area (Å²) in [6, 6.07) is 10.4. The number of amides is 1. The van der Waals surface area contributed by atoms with Crippen molar-refractivity contribution in [2.75, 3.05) is 19.7 Å². The first-order valence-corrected chi connectivity index (χ1v) is 16.8. The van der Waals surface area contributed by atoms with Gasteiger partial charge >= 0.3 is 5.97 Å². The van der Waals surface area contributed by atoms with Crippen LogP contribution in [0.5, 0.6) is 0 Å². The smallest absolute Gasteiger partial charge is 0.325 e. The Morgan fingerprint density at radius 1 is 1.13 bits per heavy atom. The maximum Gasteiger partial charge on any atom is 0.325 e. The van der Waals surface area contributed by atoms with E-state index in [4.69, 9.17) is 9.73 Å². The molecule has 0 spiro atoms. The Hall–Kier alpha value is -3.63. The zero-order valence-corrected chi connectivity index (χ0v) is 28.1. The van der Waals surface area contributed by atoms with Gasteiger partial charge in [0.1, 0.15) is 18.2 Å². The normalized spacial score (nSPS) is 17.9. The number of hydrogen-bond donors (Lipinski definition) is 4. The first kappa shape index (κ1) is 34.2. The Bertz CT molecular complexity index is 1370. The predicted molar refractivity (Wildman–Crippen MR) is 182 cm³/mol. The molecular formula is C35H49N5O4S. The Kier molecular flexibility index (Phi) is 11.9. The number of unbranched alkanes of at least 4 members (excludes halogenated alkanes) is 3. The van der Waals surface area contributed by atoms with E-state index in [0.29, 0.717) is 18.2 Å². The van der Waals surface area contributed by atoms with Crippen molar-refractivity contribution in [1.82, 2.24) is 20.9 Å². The fourth-order valence-electron chi connectivity index (χ4n) is 5.13. The van der Waals surface area contributed by atoms with Crippen LogP contribution in [-0.4, -0.2) is 66.0 Å². The van der Waals surface area contributed by atoms with E-state index >= 15 is 0 Å². The third kappa shape index (κ3) is 9.68. The van der Waals surface area contributed by atoms with Gasteiger partial charge in [0.2, 0.25) is 5.91 Å². The average Bonchev–Trinajstić information content (AvgIpc) is 3.50. The molecule has 1 amide bonds. The van der Waals surface area contributed by atoms with Crippen LogP contribution in [0.3, 0.4) is 0 Å². The topological polar surface area (TPSA) is 115 Å². The lowest BCUT2D eigenvalue weighted by atomic mass is 9.95. The fraction of sp³-hybridized carbons (Fsp3) is 0.514. The molecule has 10 heteroatoms. The van der Waals surface area contributed by atoms with Crippen LogP contribution in [0.25, 0.3) is 5.70 Å². The Labute approximate surface area is 271 Å². The highest BCUT2D eigenvalue weighted by molar-refractivity contribution is 7.13. The largest absolute Gasteiger partial charge is 0.480 e. The van der Waals surface area contributed by atoms with Crippen LogP contribution in [0.4, 0.5) is 0 Å². The SMILES string of the molecule is C=C(N[C@@H](Cc1ccc(C2N=CC(N3CC(OCCCCCC)C3)=CN2)cc1)C(=O)N[C@H](C)C(=O)O)c1ccc(C(C)(C)C)s1. The van der Waals surface area contributed by atoms with Gasteiger partial charge in [0.05, 0.1) is 11.8 Å². The summed E-state index contributed by atoms with van der Waals surface area (Å²) in [4.78, 5) is 33.8. The number of nitrogens with zero attached hydrogens (tertiary/aromatic N) is 2. The van der Waals surface area contributed by atoms with E-state index in [0.717, 1.165) is 47.8 Å². The summed E-state index contributed by atoms with van der Waals surface area (Å²) in [5, 5.41) is 18.6. The molecule has 3 heterocycles. The molecule has 1 aromatic heterocycles. The number of carbonyl (C=O) groups is 2. The Balaban J connectivity index is 1.33. The number of nitrogens with one attached hydrogen (secondary N) is 3. The molecule has 0 saturated carbocycles. The Morgan fingerprint density at radius 2 is 1.87 bits per heavy atom. The van der Waals surface area contributed by atoms with Crippen LogP contribution in [0, 0.1) is 0 Å². The molecule has 2 aliphatic rings. The molecule has 2 aliphatic heterocycles. The number of aliphatic carboxylic acids is 1. The summed E-state index contributed by atoms with van der Waals surface area (Å²) in [6.45, 7) is 16.9. The number of carboxylic acids is 1. The third-order valence-electron chi connectivity index (χ3n) is 8.08. The van der Waals surface area contributed by atoms with Crippen molar-refractivity contribution in [2.24, 2.45) is 4.99 Å². The van der Waals surface area contributed by atoms with Crippen LogP contribution < -0.4 is 16.0 Å². The van der Waals surface area contributed by atoms with Crippen molar-refractivity contribution in [3.05, 3.63) is 75.8 Å². The lowest BCUT2D eigenvalue weighted by Crippen LogP contribution is -2.52. The Morgan fingerprint density at radius 3 is 2.47 bits per heavy atom. The highest BCUT2D eigenvalue weighted by Crippen LogP contribution is 2.32. The molecule has 1 unspecified atom stereocenters. The van der Waals surface area contributed by atoms with E-state index in [1.54, 1.807) is 11.3 Å². The van der Waals surface area contributed by atoms with Crippen LogP contribution in [0.2, 0.25) is 0 Å². The summed E-state index contributed by atoms with van der Waals surface area (Å²) in [6.07, 6.45) is 9.26. The molecule has 4 rings (SSSR count). The number of rotatable bonds is 16. The van der Waals surface area contributed by atoms with Gasteiger partial charge in [0.25, 0.3) is 0 Å². The lowest BCUT2D eigenvalue weighted by molar-refractivity contribution is -0.141. The molecular weight excluding hydrogens is 586 g/mol. The summed E-state index contributed by atoms with van der Waals surface area (Å²) in [7, 11) is 0. The van der Waals surface area contributed by atoms with Crippen molar-refractivity contribution < 1.29 is 19.4 Å². The van der Waals surface area contributed by atoms with E-state index in [9.17, 15) is 14.7 Å². The van der Waals surface area contributed by atoms with Crippen molar-refractivity contribution in [1.29, 1.82) is 0 Å². The van der Waals surface area contributed by atoms with Gasteiger partial charge in [-0.2, -0.15) is 0 Å². The van der Waals surface area contributed by atoms with Gasteiger partial charge in [-0.25, -0.2) is 0 Å². The van der Waals surface area contributed by atoms with Gasteiger partial charge in [-0.15, -0.1) is 11.3 Å². The average molecular weight is 636 g/mol. The number of likely N-dealkylation sites (tertiary alicyclic amines) is 1. The van der Waals surface area contributed by atoms with E-state index in [2.05, 4.69) is 61.2 Å². The molecule has 45 heavy (non-hydrogen) atoms. The second-order valence-corrected chi connectivity index (χ2v) is 14.1. The number of benzene rings is 1.